The fourth-order valence-corrected chi connectivity index (χ4v) is 2.29. The van der Waals surface area contributed by atoms with Crippen molar-refractivity contribution in [1.82, 2.24) is 0 Å². The fourth-order valence-electron chi connectivity index (χ4n) is 0.955. The Bertz CT molecular complexity index is 241. The molecule has 0 aliphatic carbocycles. The van der Waals surface area contributed by atoms with Crippen LogP contribution >= 0.6 is 7.60 Å². The highest BCUT2D eigenvalue weighted by molar-refractivity contribution is 7.53. The van der Waals surface area contributed by atoms with E-state index in [0.717, 1.165) is 12.8 Å². The lowest BCUT2D eigenvalue weighted by Crippen LogP contribution is -2.09. The molecule has 0 fully saturated rings. The van der Waals surface area contributed by atoms with Gasteiger partial charge in [-0.05, 0) is 12.8 Å². The summed E-state index contributed by atoms with van der Waals surface area (Å²) in [6.07, 6.45) is 1.68. The van der Waals surface area contributed by atoms with Crippen molar-refractivity contribution in [3.8, 4) is 0 Å². The van der Waals surface area contributed by atoms with Crippen molar-refractivity contribution in [2.45, 2.75) is 33.1 Å². The van der Waals surface area contributed by atoms with E-state index in [-0.39, 0.29) is 18.6 Å². The topological polar surface area (TPSA) is 61.8 Å². The van der Waals surface area contributed by atoms with Crippen molar-refractivity contribution in [3.05, 3.63) is 0 Å². The smallest absolute Gasteiger partial charge is 0.330 e. The van der Waals surface area contributed by atoms with E-state index in [1.165, 1.54) is 7.11 Å². The number of esters is 1. The molecular weight excluding hydrogens is 231 g/mol. The van der Waals surface area contributed by atoms with Crippen LogP contribution in [0.4, 0.5) is 0 Å². The summed E-state index contributed by atoms with van der Waals surface area (Å²) in [6, 6.07) is 0. The van der Waals surface area contributed by atoms with Crippen LogP contribution in [0.1, 0.15) is 33.1 Å². The number of ether oxygens (including phenoxy) is 1. The van der Waals surface area contributed by atoms with Crippen molar-refractivity contribution >= 4 is 13.6 Å². The van der Waals surface area contributed by atoms with E-state index in [1.54, 1.807) is 0 Å². The van der Waals surface area contributed by atoms with Gasteiger partial charge in [0.15, 0.2) is 0 Å². The van der Waals surface area contributed by atoms with E-state index in [0.29, 0.717) is 13.2 Å². The molecule has 1 atom stereocenters. The summed E-state index contributed by atoms with van der Waals surface area (Å²) in [7, 11) is -1.78. The Kier molecular flexibility index (Phi) is 8.53. The van der Waals surface area contributed by atoms with Crippen molar-refractivity contribution in [3.63, 3.8) is 0 Å². The van der Waals surface area contributed by atoms with Gasteiger partial charge in [0.2, 0.25) is 0 Å². The van der Waals surface area contributed by atoms with E-state index in [4.69, 9.17) is 13.8 Å². The van der Waals surface area contributed by atoms with Crippen molar-refractivity contribution in [2.24, 2.45) is 0 Å². The predicted molar refractivity (Wildman–Crippen MR) is 61.6 cm³/mol. The molecule has 16 heavy (non-hydrogen) atoms. The van der Waals surface area contributed by atoms with Gasteiger partial charge < -0.3 is 13.8 Å². The molecule has 96 valence electrons. The van der Waals surface area contributed by atoms with Gasteiger partial charge in [-0.3, -0.25) is 9.36 Å². The summed E-state index contributed by atoms with van der Waals surface area (Å²) in [5.74, 6) is -0.362. The number of carbonyl (C=O) groups is 1. The Morgan fingerprint density at radius 2 is 1.81 bits per heavy atom. The Morgan fingerprint density at radius 3 is 2.31 bits per heavy atom. The lowest BCUT2D eigenvalue weighted by atomic mass is 10.5. The Balaban J connectivity index is 3.93. The van der Waals surface area contributed by atoms with Crippen molar-refractivity contribution in [1.29, 1.82) is 0 Å². The van der Waals surface area contributed by atoms with Gasteiger partial charge in [0.1, 0.15) is 0 Å². The average Bonchev–Trinajstić information content (AvgIpc) is 2.31. The third kappa shape index (κ3) is 6.99. The van der Waals surface area contributed by atoms with Crippen LogP contribution in [0.15, 0.2) is 0 Å². The second-order valence-corrected chi connectivity index (χ2v) is 5.61. The lowest BCUT2D eigenvalue weighted by molar-refractivity contribution is -0.143. The second-order valence-electron chi connectivity index (χ2n) is 3.32. The molecule has 0 rings (SSSR count). The van der Waals surface area contributed by atoms with Gasteiger partial charge in [-0.15, -0.1) is 0 Å². The van der Waals surface area contributed by atoms with Gasteiger partial charge in [0.25, 0.3) is 0 Å². The molecule has 0 radical (unpaired) electrons. The molecule has 0 saturated heterocycles. The van der Waals surface area contributed by atoms with Gasteiger partial charge in [-0.2, -0.15) is 0 Å². The maximum absolute atomic E-state index is 11.9. The molecule has 0 aromatic heterocycles. The van der Waals surface area contributed by atoms with Crippen LogP contribution in [0, 0.1) is 0 Å². The van der Waals surface area contributed by atoms with Crippen LogP contribution in [-0.4, -0.2) is 32.5 Å². The molecule has 1 unspecified atom stereocenters. The van der Waals surface area contributed by atoms with Crippen LogP contribution < -0.4 is 0 Å². The second kappa shape index (κ2) is 8.74. The van der Waals surface area contributed by atoms with Crippen molar-refractivity contribution in [2.75, 3.05) is 26.5 Å². The monoisotopic (exact) mass is 252 g/mol. The molecule has 0 bridgehead atoms. The highest BCUT2D eigenvalue weighted by Gasteiger charge is 2.24. The van der Waals surface area contributed by atoms with Gasteiger partial charge in [-0.25, -0.2) is 0 Å². The first kappa shape index (κ1) is 15.6. The van der Waals surface area contributed by atoms with Crippen LogP contribution in [0.25, 0.3) is 0 Å². The van der Waals surface area contributed by atoms with Crippen molar-refractivity contribution < 1.29 is 23.1 Å². The average molecular weight is 252 g/mol. The molecule has 0 aromatic rings. The molecule has 0 heterocycles. The fraction of sp³-hybridized carbons (Fsp3) is 0.900. The van der Waals surface area contributed by atoms with Crippen LogP contribution in [0.2, 0.25) is 0 Å². The third-order valence-electron chi connectivity index (χ3n) is 1.83. The SMILES string of the molecule is CCCOC(=O)CCP(=O)(OC)OCCC. The van der Waals surface area contributed by atoms with E-state index >= 15 is 0 Å². The zero-order chi connectivity index (χ0) is 12.4. The summed E-state index contributed by atoms with van der Waals surface area (Å²) >= 11 is 0. The summed E-state index contributed by atoms with van der Waals surface area (Å²) < 4.78 is 26.7. The summed E-state index contributed by atoms with van der Waals surface area (Å²) in [4.78, 5) is 11.2. The minimum atomic E-state index is -3.10. The first-order valence-electron chi connectivity index (χ1n) is 5.53. The molecule has 0 spiro atoms. The molecule has 0 aliphatic heterocycles. The van der Waals surface area contributed by atoms with Gasteiger partial charge >= 0.3 is 13.6 Å². The number of hydrogen-bond acceptors (Lipinski definition) is 5. The molecule has 0 saturated carbocycles. The first-order valence-corrected chi connectivity index (χ1v) is 7.25. The number of rotatable bonds is 9. The van der Waals surface area contributed by atoms with Gasteiger partial charge in [0.05, 0.1) is 25.8 Å². The molecule has 0 amide bonds. The molecule has 0 aromatic carbocycles. The highest BCUT2D eigenvalue weighted by atomic mass is 31.2. The summed E-state index contributed by atoms with van der Waals surface area (Å²) in [5, 5.41) is 0. The minimum Gasteiger partial charge on any atom is -0.466 e. The summed E-state index contributed by atoms with van der Waals surface area (Å²) in [6.45, 7) is 4.59. The Morgan fingerprint density at radius 1 is 1.19 bits per heavy atom. The van der Waals surface area contributed by atoms with Crippen LogP contribution in [0.3, 0.4) is 0 Å². The zero-order valence-electron chi connectivity index (χ0n) is 10.2. The standard InChI is InChI=1S/C10H21O5P/c1-4-7-14-10(11)6-9-16(12,13-3)15-8-5-2/h4-9H2,1-3H3. The third-order valence-corrected chi connectivity index (χ3v) is 3.73. The molecule has 0 aliphatic rings. The quantitative estimate of drug-likeness (QED) is 0.466. The summed E-state index contributed by atoms with van der Waals surface area (Å²) in [5.41, 5.74) is 0. The van der Waals surface area contributed by atoms with E-state index < -0.39 is 7.60 Å². The largest absolute Gasteiger partial charge is 0.466 e. The van der Waals surface area contributed by atoms with E-state index in [2.05, 4.69) is 0 Å². The number of hydrogen-bond donors (Lipinski definition) is 0. The first-order chi connectivity index (χ1) is 7.58. The normalized spacial score (nSPS) is 14.4. The maximum atomic E-state index is 11.9. The molecule has 6 heteroatoms. The van der Waals surface area contributed by atoms with E-state index in [9.17, 15) is 9.36 Å². The Hall–Kier alpha value is -0.380. The van der Waals surface area contributed by atoms with E-state index in [1.807, 2.05) is 13.8 Å². The van der Waals surface area contributed by atoms with Crippen LogP contribution in [0.5, 0.6) is 0 Å². The number of carbonyl (C=O) groups excluding carboxylic acids is 1. The predicted octanol–water partition coefficient (Wildman–Crippen LogP) is 2.60. The minimum absolute atomic E-state index is 0.0643. The zero-order valence-corrected chi connectivity index (χ0v) is 11.1. The molecular formula is C10H21O5P. The van der Waals surface area contributed by atoms with Gasteiger partial charge in [-0.1, -0.05) is 13.8 Å². The van der Waals surface area contributed by atoms with Gasteiger partial charge in [0, 0.05) is 7.11 Å². The van der Waals surface area contributed by atoms with Crippen LogP contribution in [-0.2, 0) is 23.1 Å². The molecule has 5 nitrogen and oxygen atoms in total. The maximum Gasteiger partial charge on any atom is 0.330 e. The Labute approximate surface area is 97.0 Å². The molecule has 0 N–H and O–H groups in total. The lowest BCUT2D eigenvalue weighted by Gasteiger charge is -2.15. The highest BCUT2D eigenvalue weighted by Crippen LogP contribution is 2.47.